The average molecular weight is 368 g/mol. The second-order valence-corrected chi connectivity index (χ2v) is 9.34. The minimum Gasteiger partial charge on any atom is -0.360 e. The molecule has 1 amide bonds. The zero-order valence-corrected chi connectivity index (χ0v) is 14.9. The quantitative estimate of drug-likeness (QED) is 0.757. The lowest BCUT2D eigenvalue weighted by Crippen LogP contribution is -2.53. The van der Waals surface area contributed by atoms with E-state index in [2.05, 4.69) is 10.5 Å². The van der Waals surface area contributed by atoms with E-state index in [1.54, 1.807) is 10.4 Å². The summed E-state index contributed by atoms with van der Waals surface area (Å²) in [6.07, 6.45) is 5.15. The molecule has 8 nitrogen and oxygen atoms in total. The molecule has 3 fully saturated rings. The van der Waals surface area contributed by atoms with E-state index < -0.39 is 10.0 Å². The predicted molar refractivity (Wildman–Crippen MR) is 90.5 cm³/mol. The number of hydrogen-bond acceptors (Lipinski definition) is 6. The number of carbonyl (C=O) groups is 1. The number of nitrogens with one attached hydrogen (secondary N) is 1. The van der Waals surface area contributed by atoms with Gasteiger partial charge in [-0.1, -0.05) is 5.16 Å². The standard InChI is InChI=1S/C16H24N4O4S/c17-5-6-25(22,23)20-12-3-4-13(20)8-11(7-12)18-16(21)14-9-15(24-19-14)10-1-2-10/h9-13H,1-8,17H2,(H,18,21)/t11-,12+,13-. The van der Waals surface area contributed by atoms with Crippen molar-refractivity contribution in [1.82, 2.24) is 14.8 Å². The normalized spacial score (nSPS) is 29.7. The zero-order valence-electron chi connectivity index (χ0n) is 14.1. The number of fused-ring (bicyclic) bond motifs is 2. The maximum absolute atomic E-state index is 12.4. The van der Waals surface area contributed by atoms with Crippen molar-refractivity contribution in [1.29, 1.82) is 0 Å². The summed E-state index contributed by atoms with van der Waals surface area (Å²) in [6.45, 7) is 0.133. The van der Waals surface area contributed by atoms with Crippen LogP contribution in [0.25, 0.3) is 0 Å². The summed E-state index contributed by atoms with van der Waals surface area (Å²) in [4.78, 5) is 12.4. The first kappa shape index (κ1) is 17.0. The first-order chi connectivity index (χ1) is 12.0. The van der Waals surface area contributed by atoms with E-state index in [4.69, 9.17) is 10.3 Å². The van der Waals surface area contributed by atoms with Gasteiger partial charge in [-0.25, -0.2) is 8.42 Å². The highest BCUT2D eigenvalue weighted by Crippen LogP contribution is 2.40. The van der Waals surface area contributed by atoms with Crippen molar-refractivity contribution in [3.63, 3.8) is 0 Å². The zero-order chi connectivity index (χ0) is 17.6. The van der Waals surface area contributed by atoms with Gasteiger partial charge in [-0.15, -0.1) is 0 Å². The smallest absolute Gasteiger partial charge is 0.273 e. The molecule has 3 heterocycles. The Bertz CT molecular complexity index is 744. The molecule has 4 rings (SSSR count). The molecule has 25 heavy (non-hydrogen) atoms. The van der Waals surface area contributed by atoms with Crippen molar-refractivity contribution < 1.29 is 17.7 Å². The van der Waals surface area contributed by atoms with E-state index in [9.17, 15) is 13.2 Å². The number of carbonyl (C=O) groups excluding carboxylic acids is 1. The van der Waals surface area contributed by atoms with Crippen molar-refractivity contribution in [3.05, 3.63) is 17.5 Å². The van der Waals surface area contributed by atoms with Crippen LogP contribution in [0.5, 0.6) is 0 Å². The Morgan fingerprint density at radius 3 is 2.56 bits per heavy atom. The van der Waals surface area contributed by atoms with E-state index in [-0.39, 0.29) is 36.3 Å². The van der Waals surface area contributed by atoms with E-state index in [1.807, 2.05) is 0 Å². The Morgan fingerprint density at radius 2 is 1.96 bits per heavy atom. The molecule has 1 saturated carbocycles. The second-order valence-electron chi connectivity index (χ2n) is 7.35. The van der Waals surface area contributed by atoms with Crippen molar-refractivity contribution in [2.75, 3.05) is 12.3 Å². The topological polar surface area (TPSA) is 119 Å². The molecular formula is C16H24N4O4S. The fourth-order valence-corrected chi connectivity index (χ4v) is 5.98. The molecule has 0 unspecified atom stereocenters. The summed E-state index contributed by atoms with van der Waals surface area (Å²) in [5.74, 6) is 0.951. The molecule has 1 aromatic rings. The number of nitrogens with zero attached hydrogens (tertiary/aromatic N) is 2. The third-order valence-corrected chi connectivity index (χ3v) is 7.43. The number of piperidine rings is 1. The highest BCUT2D eigenvalue weighted by Gasteiger charge is 2.46. The fraction of sp³-hybridized carbons (Fsp3) is 0.750. The fourth-order valence-electron chi connectivity index (χ4n) is 4.18. The minimum absolute atomic E-state index is 0.0140. The third kappa shape index (κ3) is 3.32. The Labute approximate surface area is 147 Å². The summed E-state index contributed by atoms with van der Waals surface area (Å²) in [5.41, 5.74) is 5.75. The Kier molecular flexibility index (Phi) is 4.33. The maximum Gasteiger partial charge on any atom is 0.273 e. The van der Waals surface area contributed by atoms with E-state index >= 15 is 0 Å². The number of aromatic nitrogens is 1. The Hall–Kier alpha value is -1.45. The van der Waals surface area contributed by atoms with Crippen molar-refractivity contribution in [2.24, 2.45) is 5.73 Å². The molecule has 3 N–H and O–H groups in total. The van der Waals surface area contributed by atoms with Gasteiger partial charge in [0.05, 0.1) is 5.75 Å². The predicted octanol–water partition coefficient (Wildman–Crippen LogP) is 0.566. The van der Waals surface area contributed by atoms with Gasteiger partial charge < -0.3 is 15.6 Å². The molecule has 1 aliphatic carbocycles. The molecular weight excluding hydrogens is 344 g/mol. The average Bonchev–Trinajstić information content (AvgIpc) is 3.21. The third-order valence-electron chi connectivity index (χ3n) is 5.44. The summed E-state index contributed by atoms with van der Waals surface area (Å²) in [6, 6.07) is 1.61. The van der Waals surface area contributed by atoms with Crippen LogP contribution in [-0.4, -0.2) is 54.2 Å². The largest absolute Gasteiger partial charge is 0.360 e. The summed E-state index contributed by atoms with van der Waals surface area (Å²) in [5, 5.41) is 6.87. The van der Waals surface area contributed by atoms with Gasteiger partial charge in [-0.2, -0.15) is 4.31 Å². The molecule has 0 spiro atoms. The second kappa shape index (κ2) is 6.37. The van der Waals surface area contributed by atoms with Gasteiger partial charge in [-0.3, -0.25) is 4.79 Å². The molecule has 3 aliphatic rings. The monoisotopic (exact) mass is 368 g/mol. The van der Waals surface area contributed by atoms with Crippen LogP contribution in [0.15, 0.2) is 10.6 Å². The Balaban J connectivity index is 1.40. The van der Waals surface area contributed by atoms with Gasteiger partial charge >= 0.3 is 0 Å². The van der Waals surface area contributed by atoms with Crippen molar-refractivity contribution in [2.45, 2.75) is 62.6 Å². The SMILES string of the molecule is NCCS(=O)(=O)N1[C@@H]2CC[C@H]1C[C@@H](NC(=O)c1cc(C3CC3)on1)C2. The number of sulfonamides is 1. The Morgan fingerprint density at radius 1 is 1.28 bits per heavy atom. The molecule has 3 atom stereocenters. The van der Waals surface area contributed by atoms with Gasteiger partial charge in [0.15, 0.2) is 5.69 Å². The van der Waals surface area contributed by atoms with Crippen LogP contribution in [0.3, 0.4) is 0 Å². The minimum atomic E-state index is -3.30. The number of nitrogens with two attached hydrogens (primary N) is 1. The van der Waals surface area contributed by atoms with Crippen LogP contribution in [0.2, 0.25) is 0 Å². The van der Waals surface area contributed by atoms with Crippen LogP contribution in [-0.2, 0) is 10.0 Å². The van der Waals surface area contributed by atoms with Gasteiger partial charge in [0.2, 0.25) is 10.0 Å². The van der Waals surface area contributed by atoms with E-state index in [0.717, 1.165) is 31.4 Å². The summed E-state index contributed by atoms with van der Waals surface area (Å²) in [7, 11) is -3.30. The van der Waals surface area contributed by atoms with Gasteiger partial charge in [0.25, 0.3) is 5.91 Å². The highest BCUT2D eigenvalue weighted by molar-refractivity contribution is 7.89. The molecule has 9 heteroatoms. The van der Waals surface area contributed by atoms with Gasteiger partial charge in [-0.05, 0) is 38.5 Å². The van der Waals surface area contributed by atoms with Crippen LogP contribution < -0.4 is 11.1 Å². The number of amides is 1. The molecule has 1 aromatic heterocycles. The first-order valence-corrected chi connectivity index (χ1v) is 10.6. The summed E-state index contributed by atoms with van der Waals surface area (Å²) >= 11 is 0. The first-order valence-electron chi connectivity index (χ1n) is 8.96. The van der Waals surface area contributed by atoms with Crippen molar-refractivity contribution >= 4 is 15.9 Å². The lowest BCUT2D eigenvalue weighted by molar-refractivity contribution is 0.0900. The molecule has 0 aromatic carbocycles. The molecule has 2 aliphatic heterocycles. The van der Waals surface area contributed by atoms with E-state index in [1.165, 1.54) is 0 Å². The number of hydrogen-bond donors (Lipinski definition) is 2. The van der Waals surface area contributed by atoms with Crippen LogP contribution in [0, 0.1) is 0 Å². The van der Waals surface area contributed by atoms with Crippen LogP contribution >= 0.6 is 0 Å². The molecule has 2 bridgehead atoms. The summed E-state index contributed by atoms with van der Waals surface area (Å²) < 4.78 is 31.7. The molecule has 2 saturated heterocycles. The highest BCUT2D eigenvalue weighted by atomic mass is 32.2. The number of rotatable bonds is 6. The maximum atomic E-state index is 12.4. The van der Waals surface area contributed by atoms with Gasteiger partial charge in [0, 0.05) is 36.7 Å². The molecule has 138 valence electrons. The molecule has 0 radical (unpaired) electrons. The van der Waals surface area contributed by atoms with Crippen molar-refractivity contribution in [3.8, 4) is 0 Å². The van der Waals surface area contributed by atoms with E-state index in [0.29, 0.717) is 24.5 Å². The lowest BCUT2D eigenvalue weighted by atomic mass is 9.99. The lowest BCUT2D eigenvalue weighted by Gasteiger charge is -2.38. The van der Waals surface area contributed by atoms with Gasteiger partial charge in [0.1, 0.15) is 5.76 Å². The van der Waals surface area contributed by atoms with Crippen LogP contribution in [0.4, 0.5) is 0 Å². The van der Waals surface area contributed by atoms with Crippen LogP contribution in [0.1, 0.15) is 60.7 Å².